The Hall–Kier alpha value is -2.24. The van der Waals surface area contributed by atoms with Crippen molar-refractivity contribution in [3.63, 3.8) is 0 Å². The Bertz CT molecular complexity index is 557. The molecule has 2 rings (SSSR count). The van der Waals surface area contributed by atoms with Crippen molar-refractivity contribution >= 4 is 11.6 Å². The van der Waals surface area contributed by atoms with Crippen molar-refractivity contribution in [1.82, 2.24) is 5.32 Å². The number of hydrogen-bond donors (Lipinski definition) is 1. The Morgan fingerprint density at radius 2 is 2.23 bits per heavy atom. The lowest BCUT2D eigenvalue weighted by Gasteiger charge is -2.10. The van der Waals surface area contributed by atoms with E-state index in [1.165, 1.54) is 0 Å². The quantitative estimate of drug-likeness (QED) is 0.783. The van der Waals surface area contributed by atoms with Gasteiger partial charge >= 0.3 is 0 Å². The number of methoxy groups -OCH3 is 2. The molecule has 0 aromatic heterocycles. The van der Waals surface area contributed by atoms with E-state index in [4.69, 9.17) is 14.3 Å². The Labute approximate surface area is 130 Å². The van der Waals surface area contributed by atoms with Gasteiger partial charge in [0.2, 0.25) is 6.10 Å². The monoisotopic (exact) mass is 306 g/mol. The van der Waals surface area contributed by atoms with Crippen molar-refractivity contribution in [3.05, 3.63) is 23.8 Å². The molecule has 0 aliphatic carbocycles. The number of hydrogen-bond acceptors (Lipinski definition) is 5. The van der Waals surface area contributed by atoms with Crippen LogP contribution in [0.25, 0.3) is 0 Å². The predicted molar refractivity (Wildman–Crippen MR) is 83.5 cm³/mol. The molecule has 120 valence electrons. The number of ether oxygens (including phenoxy) is 2. The molecule has 0 radical (unpaired) electrons. The normalized spacial score (nSPS) is 16.7. The number of carbonyl (C=O) groups excluding carboxylic acids is 1. The first-order valence-electron chi connectivity index (χ1n) is 7.42. The van der Waals surface area contributed by atoms with Gasteiger partial charge in [-0.2, -0.15) is 0 Å². The van der Waals surface area contributed by atoms with Crippen molar-refractivity contribution in [3.8, 4) is 11.5 Å². The number of carbonyl (C=O) groups is 1. The van der Waals surface area contributed by atoms with E-state index in [-0.39, 0.29) is 5.91 Å². The Morgan fingerprint density at radius 3 is 2.91 bits per heavy atom. The summed E-state index contributed by atoms with van der Waals surface area (Å²) >= 11 is 0. The maximum Gasteiger partial charge on any atom is 0.264 e. The lowest BCUT2D eigenvalue weighted by molar-refractivity contribution is -0.131. The van der Waals surface area contributed by atoms with Gasteiger partial charge in [0.25, 0.3) is 5.91 Å². The smallest absolute Gasteiger partial charge is 0.264 e. The Balaban J connectivity index is 2.05. The summed E-state index contributed by atoms with van der Waals surface area (Å²) in [5.74, 6) is 1.25. The van der Waals surface area contributed by atoms with Crippen LogP contribution < -0.4 is 14.8 Å². The van der Waals surface area contributed by atoms with Crippen LogP contribution >= 0.6 is 0 Å². The molecule has 1 amide bonds. The topological polar surface area (TPSA) is 69.2 Å². The van der Waals surface area contributed by atoms with Gasteiger partial charge in [-0.25, -0.2) is 0 Å². The van der Waals surface area contributed by atoms with Crippen molar-refractivity contribution in [2.75, 3.05) is 20.8 Å². The summed E-state index contributed by atoms with van der Waals surface area (Å²) in [6, 6.07) is 5.46. The third-order valence-corrected chi connectivity index (χ3v) is 3.51. The van der Waals surface area contributed by atoms with Crippen LogP contribution in [0.1, 0.15) is 31.7 Å². The summed E-state index contributed by atoms with van der Waals surface area (Å²) in [5, 5.41) is 6.90. The molecular weight excluding hydrogens is 284 g/mol. The molecule has 1 aromatic rings. The molecule has 0 fully saturated rings. The fourth-order valence-corrected chi connectivity index (χ4v) is 2.22. The fourth-order valence-electron chi connectivity index (χ4n) is 2.22. The highest BCUT2D eigenvalue weighted by molar-refractivity contribution is 6.06. The van der Waals surface area contributed by atoms with Gasteiger partial charge in [-0.1, -0.05) is 18.5 Å². The highest BCUT2D eigenvalue weighted by Crippen LogP contribution is 2.28. The second kappa shape index (κ2) is 7.68. The lowest BCUT2D eigenvalue weighted by atomic mass is 10.0. The second-order valence-corrected chi connectivity index (χ2v) is 5.05. The molecule has 1 heterocycles. The largest absolute Gasteiger partial charge is 0.497 e. The highest BCUT2D eigenvalue weighted by atomic mass is 16.6. The maximum atomic E-state index is 12.0. The van der Waals surface area contributed by atoms with Crippen LogP contribution in [-0.4, -0.2) is 38.5 Å². The summed E-state index contributed by atoms with van der Waals surface area (Å²) < 4.78 is 10.6. The van der Waals surface area contributed by atoms with Crippen LogP contribution in [0, 0.1) is 0 Å². The molecule has 1 aliphatic heterocycles. The van der Waals surface area contributed by atoms with E-state index in [1.807, 2.05) is 18.2 Å². The van der Waals surface area contributed by atoms with E-state index < -0.39 is 6.10 Å². The van der Waals surface area contributed by atoms with Crippen LogP contribution in [-0.2, 0) is 9.63 Å². The zero-order chi connectivity index (χ0) is 15.9. The van der Waals surface area contributed by atoms with Crippen LogP contribution in [0.2, 0.25) is 0 Å². The van der Waals surface area contributed by atoms with Gasteiger partial charge in [0.05, 0.1) is 19.9 Å². The number of nitrogens with zero attached hydrogens (tertiary/aromatic N) is 1. The number of rotatable bonds is 7. The Kier molecular flexibility index (Phi) is 5.63. The maximum absolute atomic E-state index is 12.0. The van der Waals surface area contributed by atoms with Crippen LogP contribution in [0.4, 0.5) is 0 Å². The van der Waals surface area contributed by atoms with E-state index >= 15 is 0 Å². The lowest BCUT2D eigenvalue weighted by Crippen LogP contribution is -2.35. The van der Waals surface area contributed by atoms with E-state index in [0.29, 0.717) is 30.2 Å². The summed E-state index contributed by atoms with van der Waals surface area (Å²) in [6.07, 6.45) is 1.83. The predicted octanol–water partition coefficient (Wildman–Crippen LogP) is 2.11. The van der Waals surface area contributed by atoms with Crippen LogP contribution in [0.15, 0.2) is 23.4 Å². The summed E-state index contributed by atoms with van der Waals surface area (Å²) in [4.78, 5) is 17.3. The number of nitrogens with one attached hydrogen (secondary N) is 1. The van der Waals surface area contributed by atoms with E-state index in [0.717, 1.165) is 18.4 Å². The molecule has 22 heavy (non-hydrogen) atoms. The first kappa shape index (κ1) is 16.1. The van der Waals surface area contributed by atoms with Crippen molar-refractivity contribution in [1.29, 1.82) is 0 Å². The zero-order valence-corrected chi connectivity index (χ0v) is 13.2. The zero-order valence-electron chi connectivity index (χ0n) is 13.2. The van der Waals surface area contributed by atoms with Gasteiger partial charge in [0, 0.05) is 18.5 Å². The molecule has 1 atom stereocenters. The van der Waals surface area contributed by atoms with Crippen molar-refractivity contribution in [2.24, 2.45) is 5.16 Å². The molecule has 1 aliphatic rings. The first-order chi connectivity index (χ1) is 10.7. The molecule has 0 spiro atoms. The van der Waals surface area contributed by atoms with Gasteiger partial charge < -0.3 is 19.6 Å². The molecule has 0 bridgehead atoms. The minimum absolute atomic E-state index is 0.130. The fraction of sp³-hybridized carbons (Fsp3) is 0.500. The van der Waals surface area contributed by atoms with Crippen molar-refractivity contribution in [2.45, 2.75) is 32.3 Å². The van der Waals surface area contributed by atoms with Gasteiger partial charge in [-0.15, -0.1) is 0 Å². The van der Waals surface area contributed by atoms with Crippen LogP contribution in [0.3, 0.4) is 0 Å². The summed E-state index contributed by atoms with van der Waals surface area (Å²) in [5.41, 5.74) is 1.47. The Morgan fingerprint density at radius 1 is 1.41 bits per heavy atom. The highest BCUT2D eigenvalue weighted by Gasteiger charge is 2.30. The molecular formula is C16H22N2O4. The number of benzene rings is 1. The molecule has 0 unspecified atom stereocenters. The van der Waals surface area contributed by atoms with E-state index in [1.54, 1.807) is 14.2 Å². The second-order valence-electron chi connectivity index (χ2n) is 5.05. The minimum Gasteiger partial charge on any atom is -0.497 e. The average molecular weight is 306 g/mol. The van der Waals surface area contributed by atoms with Crippen LogP contribution in [0.5, 0.6) is 11.5 Å². The molecule has 1 N–H and O–H groups in total. The van der Waals surface area contributed by atoms with E-state index in [2.05, 4.69) is 17.4 Å². The first-order valence-corrected chi connectivity index (χ1v) is 7.42. The third-order valence-electron chi connectivity index (χ3n) is 3.51. The number of unbranched alkanes of at least 4 members (excludes halogenated alkanes) is 1. The van der Waals surface area contributed by atoms with Gasteiger partial charge in [-0.3, -0.25) is 4.79 Å². The van der Waals surface area contributed by atoms with Gasteiger partial charge in [0.15, 0.2) is 0 Å². The minimum atomic E-state index is -0.581. The summed E-state index contributed by atoms with van der Waals surface area (Å²) in [6.45, 7) is 2.74. The van der Waals surface area contributed by atoms with Gasteiger partial charge in [0.1, 0.15) is 11.5 Å². The van der Waals surface area contributed by atoms with E-state index in [9.17, 15) is 4.79 Å². The third kappa shape index (κ3) is 3.69. The van der Waals surface area contributed by atoms with Crippen molar-refractivity contribution < 1.29 is 19.1 Å². The number of oxime groups is 1. The van der Waals surface area contributed by atoms with Gasteiger partial charge in [-0.05, 0) is 24.6 Å². The molecule has 1 aromatic carbocycles. The molecule has 6 nitrogen and oxygen atoms in total. The molecule has 6 heteroatoms. The SMILES string of the molecule is CCCCNC(=O)[C@H]1CC(c2cc(OC)ccc2OC)=NO1. The molecule has 0 saturated heterocycles. The standard InChI is InChI=1S/C16H22N2O4/c1-4-5-8-17-16(19)15-10-13(18-22-15)12-9-11(20-2)6-7-14(12)21-3/h6-7,9,15H,4-5,8,10H2,1-3H3,(H,17,19)/t15-/m1/s1. The average Bonchev–Trinajstić information content (AvgIpc) is 3.04. The number of amides is 1. The summed E-state index contributed by atoms with van der Waals surface area (Å²) in [7, 11) is 3.19. The molecule has 0 saturated carbocycles.